The number of hydrogen-bond donors (Lipinski definition) is 1. The summed E-state index contributed by atoms with van der Waals surface area (Å²) in [4.78, 5) is 6.66. The fraction of sp³-hybridized carbons (Fsp3) is 0.500. The molecule has 0 radical (unpaired) electrons. The number of aromatic nitrogens is 6. The summed E-state index contributed by atoms with van der Waals surface area (Å²) in [7, 11) is 1.51. The Morgan fingerprint density at radius 2 is 2.03 bits per heavy atom. The lowest BCUT2D eigenvalue weighted by Gasteiger charge is -2.35. The Morgan fingerprint density at radius 1 is 1.19 bits per heavy atom. The Labute approximate surface area is 206 Å². The topological polar surface area (TPSA) is 85.4 Å². The van der Waals surface area contributed by atoms with E-state index in [1.807, 2.05) is 12.1 Å². The first-order chi connectivity index (χ1) is 17.3. The standard InChI is InChI=1S/C24H29F3N8O/c1-14(2)11-33-8-7-18(17(25)12-33)28-24-29-23(36-3)22-16(6-9-34(22)31-24)15-4-5-19-20(10-15)35(32-30-19)13-21(26)27/h4-6,9-10,14,17-18,21H,7-8,11-13H2,1-3H3,(H,28,31)/t17-,18+/m1/s1. The first kappa shape index (κ1) is 24.3. The number of nitrogens with zero attached hydrogens (tertiary/aromatic N) is 7. The van der Waals surface area contributed by atoms with E-state index < -0.39 is 25.2 Å². The lowest BCUT2D eigenvalue weighted by molar-refractivity contribution is 0.116. The fourth-order valence-electron chi connectivity index (χ4n) is 4.81. The maximum atomic E-state index is 14.9. The van der Waals surface area contributed by atoms with Gasteiger partial charge in [0.15, 0.2) is 0 Å². The summed E-state index contributed by atoms with van der Waals surface area (Å²) < 4.78 is 49.2. The fourth-order valence-corrected chi connectivity index (χ4v) is 4.81. The zero-order valence-electron chi connectivity index (χ0n) is 20.4. The maximum Gasteiger partial charge on any atom is 0.258 e. The Bertz CT molecular complexity index is 1350. The Balaban J connectivity index is 1.43. The molecular formula is C24H29F3N8O. The van der Waals surface area contributed by atoms with E-state index in [2.05, 4.69) is 44.5 Å². The van der Waals surface area contributed by atoms with Crippen LogP contribution in [0.4, 0.5) is 19.1 Å². The largest absolute Gasteiger partial charge is 0.479 e. The van der Waals surface area contributed by atoms with Crippen LogP contribution < -0.4 is 10.1 Å². The zero-order chi connectivity index (χ0) is 25.4. The highest BCUT2D eigenvalue weighted by Gasteiger charge is 2.30. The van der Waals surface area contributed by atoms with Crippen LogP contribution in [0.25, 0.3) is 27.7 Å². The molecule has 0 bridgehead atoms. The molecule has 0 saturated carbocycles. The maximum absolute atomic E-state index is 14.9. The van der Waals surface area contributed by atoms with E-state index >= 15 is 0 Å². The van der Waals surface area contributed by atoms with Crippen molar-refractivity contribution in [2.24, 2.45) is 5.92 Å². The van der Waals surface area contributed by atoms with Gasteiger partial charge in [-0.25, -0.2) is 22.4 Å². The van der Waals surface area contributed by atoms with E-state index in [0.29, 0.717) is 41.3 Å². The van der Waals surface area contributed by atoms with Crippen molar-refractivity contribution in [2.75, 3.05) is 32.1 Å². The molecule has 1 fully saturated rings. The molecule has 1 aromatic carbocycles. The monoisotopic (exact) mass is 502 g/mol. The van der Waals surface area contributed by atoms with Gasteiger partial charge in [-0.3, -0.25) is 0 Å². The summed E-state index contributed by atoms with van der Waals surface area (Å²) in [6.07, 6.45) is -1.17. The average Bonchev–Trinajstić information content (AvgIpc) is 3.43. The van der Waals surface area contributed by atoms with Gasteiger partial charge in [0.25, 0.3) is 6.43 Å². The second-order valence-corrected chi connectivity index (χ2v) is 9.54. The summed E-state index contributed by atoms with van der Waals surface area (Å²) >= 11 is 0. The molecule has 1 saturated heterocycles. The molecule has 192 valence electrons. The quantitative estimate of drug-likeness (QED) is 0.391. The van der Waals surface area contributed by atoms with E-state index in [-0.39, 0.29) is 5.95 Å². The van der Waals surface area contributed by atoms with Crippen LogP contribution in [-0.4, -0.2) is 79.9 Å². The average molecular weight is 503 g/mol. The minimum absolute atomic E-state index is 0.279. The second-order valence-electron chi connectivity index (χ2n) is 9.54. The first-order valence-corrected chi connectivity index (χ1v) is 12.0. The highest BCUT2D eigenvalue weighted by molar-refractivity contribution is 5.89. The van der Waals surface area contributed by atoms with Crippen molar-refractivity contribution in [2.45, 2.75) is 45.5 Å². The molecule has 9 nitrogen and oxygen atoms in total. The number of piperidine rings is 1. The predicted molar refractivity (Wildman–Crippen MR) is 130 cm³/mol. The van der Waals surface area contributed by atoms with Gasteiger partial charge in [-0.15, -0.1) is 10.2 Å². The third kappa shape index (κ3) is 4.81. The summed E-state index contributed by atoms with van der Waals surface area (Å²) in [6, 6.07) is 6.79. The molecule has 36 heavy (non-hydrogen) atoms. The third-order valence-electron chi connectivity index (χ3n) is 6.37. The normalized spacial score (nSPS) is 19.1. The molecule has 0 amide bonds. The second kappa shape index (κ2) is 9.92. The van der Waals surface area contributed by atoms with Crippen molar-refractivity contribution in [3.63, 3.8) is 0 Å². The minimum atomic E-state index is -2.54. The van der Waals surface area contributed by atoms with Gasteiger partial charge < -0.3 is 15.0 Å². The number of benzene rings is 1. The molecule has 0 aliphatic carbocycles. The predicted octanol–water partition coefficient (Wildman–Crippen LogP) is 3.90. The molecule has 5 rings (SSSR count). The molecule has 0 unspecified atom stereocenters. The van der Waals surface area contributed by atoms with Crippen molar-refractivity contribution in [3.8, 4) is 17.0 Å². The van der Waals surface area contributed by atoms with Crippen LogP contribution in [0.5, 0.6) is 5.88 Å². The summed E-state index contributed by atoms with van der Waals surface area (Å²) in [6.45, 7) is 5.78. The number of fused-ring (bicyclic) bond motifs is 2. The number of nitrogens with one attached hydrogen (secondary N) is 1. The molecule has 4 heterocycles. The van der Waals surface area contributed by atoms with E-state index in [0.717, 1.165) is 24.2 Å². The molecule has 1 aliphatic rings. The minimum Gasteiger partial charge on any atom is -0.479 e. The van der Waals surface area contributed by atoms with Crippen LogP contribution in [0.15, 0.2) is 30.5 Å². The van der Waals surface area contributed by atoms with E-state index in [4.69, 9.17) is 4.74 Å². The number of hydrogen-bond acceptors (Lipinski definition) is 7. The number of ether oxygens (including phenoxy) is 1. The molecule has 2 atom stereocenters. The van der Waals surface area contributed by atoms with Crippen LogP contribution in [0, 0.1) is 5.92 Å². The van der Waals surface area contributed by atoms with Crippen molar-refractivity contribution >= 4 is 22.5 Å². The van der Waals surface area contributed by atoms with Crippen LogP contribution in [0.3, 0.4) is 0 Å². The number of halogens is 3. The number of methoxy groups -OCH3 is 1. The van der Waals surface area contributed by atoms with Crippen molar-refractivity contribution in [3.05, 3.63) is 30.5 Å². The Morgan fingerprint density at radius 3 is 2.75 bits per heavy atom. The van der Waals surface area contributed by atoms with E-state index in [1.54, 1.807) is 22.8 Å². The molecule has 0 spiro atoms. The van der Waals surface area contributed by atoms with Crippen molar-refractivity contribution < 1.29 is 17.9 Å². The molecule has 3 aromatic heterocycles. The summed E-state index contributed by atoms with van der Waals surface area (Å²) in [5.74, 6) is 1.09. The first-order valence-electron chi connectivity index (χ1n) is 12.0. The van der Waals surface area contributed by atoms with Crippen LogP contribution in [0.2, 0.25) is 0 Å². The summed E-state index contributed by atoms with van der Waals surface area (Å²) in [5, 5.41) is 15.5. The van der Waals surface area contributed by atoms with Gasteiger partial charge in [0.1, 0.15) is 23.7 Å². The van der Waals surface area contributed by atoms with Gasteiger partial charge in [-0.05, 0) is 36.1 Å². The van der Waals surface area contributed by atoms with Crippen molar-refractivity contribution in [1.82, 2.24) is 34.5 Å². The van der Waals surface area contributed by atoms with Gasteiger partial charge in [0.2, 0.25) is 11.8 Å². The summed E-state index contributed by atoms with van der Waals surface area (Å²) in [5.41, 5.74) is 3.15. The van der Waals surface area contributed by atoms with Gasteiger partial charge in [-0.1, -0.05) is 25.1 Å². The number of anilines is 1. The lowest BCUT2D eigenvalue weighted by atomic mass is 10.0. The Hall–Kier alpha value is -3.41. The highest BCUT2D eigenvalue weighted by Crippen LogP contribution is 2.33. The molecule has 4 aromatic rings. The van der Waals surface area contributed by atoms with Crippen molar-refractivity contribution in [1.29, 1.82) is 0 Å². The van der Waals surface area contributed by atoms with Crippen LogP contribution in [-0.2, 0) is 6.54 Å². The smallest absolute Gasteiger partial charge is 0.258 e. The molecule has 1 aliphatic heterocycles. The molecule has 1 N–H and O–H groups in total. The molecule has 12 heteroatoms. The van der Waals surface area contributed by atoms with Gasteiger partial charge in [0, 0.05) is 31.4 Å². The van der Waals surface area contributed by atoms with E-state index in [1.165, 1.54) is 11.8 Å². The van der Waals surface area contributed by atoms with Gasteiger partial charge in [0.05, 0.1) is 18.7 Å². The zero-order valence-corrected chi connectivity index (χ0v) is 20.4. The van der Waals surface area contributed by atoms with Crippen LogP contribution in [0.1, 0.15) is 20.3 Å². The van der Waals surface area contributed by atoms with Gasteiger partial charge in [-0.2, -0.15) is 4.98 Å². The van der Waals surface area contributed by atoms with Gasteiger partial charge >= 0.3 is 0 Å². The highest BCUT2D eigenvalue weighted by atomic mass is 19.3. The SMILES string of the molecule is COc1nc(N[C@H]2CCN(CC(C)C)C[C@H]2F)nn2ccc(-c3ccc4nnn(CC(F)F)c4c3)c12. The molecular weight excluding hydrogens is 473 g/mol. The van der Waals surface area contributed by atoms with E-state index in [9.17, 15) is 13.2 Å². The lowest BCUT2D eigenvalue weighted by Crippen LogP contribution is -2.48. The van der Waals surface area contributed by atoms with Crippen LogP contribution >= 0.6 is 0 Å². The third-order valence-corrected chi connectivity index (χ3v) is 6.37. The number of alkyl halides is 3. The number of rotatable bonds is 8. The number of likely N-dealkylation sites (tertiary alicyclic amines) is 1. The Kier molecular flexibility index (Phi) is 6.69.